The van der Waals surface area contributed by atoms with Crippen molar-refractivity contribution in [1.29, 1.82) is 0 Å². The zero-order valence-corrected chi connectivity index (χ0v) is 12.3. The molecule has 0 bridgehead atoms. The molecule has 0 radical (unpaired) electrons. The number of piperidine rings is 1. The Hall–Kier alpha value is -0.610. The summed E-state index contributed by atoms with van der Waals surface area (Å²) in [6.07, 6.45) is 4.18. The highest BCUT2D eigenvalue weighted by Crippen LogP contribution is 2.21. The van der Waals surface area contributed by atoms with Gasteiger partial charge in [-0.3, -0.25) is 4.79 Å². The van der Waals surface area contributed by atoms with Crippen molar-refractivity contribution >= 4 is 5.91 Å². The van der Waals surface area contributed by atoms with Crippen LogP contribution in [0.15, 0.2) is 0 Å². The van der Waals surface area contributed by atoms with E-state index in [0.29, 0.717) is 6.54 Å². The number of carbonyl (C=O) groups excluding carboxylic acids is 1. The second-order valence-corrected chi connectivity index (χ2v) is 6.31. The third-order valence-electron chi connectivity index (χ3n) is 3.83. The van der Waals surface area contributed by atoms with E-state index in [4.69, 9.17) is 4.74 Å². The molecule has 0 aromatic carbocycles. The molecule has 0 spiro atoms. The summed E-state index contributed by atoms with van der Waals surface area (Å²) in [5, 5.41) is 6.42. The summed E-state index contributed by atoms with van der Waals surface area (Å²) < 4.78 is 5.10. The maximum Gasteiger partial charge on any atom is 0.240 e. The summed E-state index contributed by atoms with van der Waals surface area (Å²) in [5.41, 5.74) is -0.299. The first kappa shape index (κ1) is 15.4. The fourth-order valence-electron chi connectivity index (χ4n) is 2.23. The van der Waals surface area contributed by atoms with Crippen LogP contribution in [0.2, 0.25) is 0 Å². The SMILES string of the molecule is COCCC(C)(C)CNC(=O)C1(C)CCCCN1. The van der Waals surface area contributed by atoms with Gasteiger partial charge >= 0.3 is 0 Å². The molecule has 106 valence electrons. The van der Waals surface area contributed by atoms with Crippen LogP contribution in [0, 0.1) is 5.41 Å². The van der Waals surface area contributed by atoms with E-state index >= 15 is 0 Å². The second kappa shape index (κ2) is 6.53. The highest BCUT2D eigenvalue weighted by Gasteiger charge is 2.34. The van der Waals surface area contributed by atoms with Crippen LogP contribution in [-0.2, 0) is 9.53 Å². The van der Waals surface area contributed by atoms with Gasteiger partial charge in [-0.15, -0.1) is 0 Å². The van der Waals surface area contributed by atoms with Crippen LogP contribution in [-0.4, -0.2) is 38.3 Å². The van der Waals surface area contributed by atoms with Crippen molar-refractivity contribution in [2.75, 3.05) is 26.8 Å². The fraction of sp³-hybridized carbons (Fsp3) is 0.929. The van der Waals surface area contributed by atoms with E-state index in [9.17, 15) is 4.79 Å². The number of methoxy groups -OCH3 is 1. The summed E-state index contributed by atoms with van der Waals surface area (Å²) in [5.74, 6) is 0.132. The van der Waals surface area contributed by atoms with Crippen molar-refractivity contribution in [2.24, 2.45) is 5.41 Å². The van der Waals surface area contributed by atoms with Gasteiger partial charge in [0.15, 0.2) is 0 Å². The molecule has 4 heteroatoms. The summed E-state index contributed by atoms with van der Waals surface area (Å²) in [6, 6.07) is 0. The lowest BCUT2D eigenvalue weighted by atomic mass is 9.87. The van der Waals surface area contributed by atoms with E-state index in [1.807, 2.05) is 6.92 Å². The van der Waals surface area contributed by atoms with E-state index in [1.165, 1.54) is 6.42 Å². The zero-order valence-electron chi connectivity index (χ0n) is 12.3. The normalized spacial score (nSPS) is 24.9. The standard InChI is InChI=1S/C14H28N2O2/c1-13(2,8-10-18-4)11-15-12(17)14(3)7-5-6-9-16-14/h16H,5-11H2,1-4H3,(H,15,17). The number of amides is 1. The average molecular weight is 256 g/mol. The molecule has 0 aromatic rings. The third-order valence-corrected chi connectivity index (χ3v) is 3.83. The number of rotatable bonds is 6. The molecule has 2 N–H and O–H groups in total. The van der Waals surface area contributed by atoms with Gasteiger partial charge in [-0.05, 0) is 44.6 Å². The van der Waals surface area contributed by atoms with Gasteiger partial charge in [-0.2, -0.15) is 0 Å². The Morgan fingerprint density at radius 1 is 1.44 bits per heavy atom. The van der Waals surface area contributed by atoms with Crippen LogP contribution in [0.3, 0.4) is 0 Å². The van der Waals surface area contributed by atoms with Gasteiger partial charge in [-0.1, -0.05) is 13.8 Å². The molecular formula is C14H28N2O2. The Bertz CT molecular complexity index is 271. The molecule has 1 heterocycles. The minimum Gasteiger partial charge on any atom is -0.385 e. The quantitative estimate of drug-likeness (QED) is 0.760. The molecular weight excluding hydrogens is 228 g/mol. The van der Waals surface area contributed by atoms with Gasteiger partial charge in [0.05, 0.1) is 5.54 Å². The number of hydrogen-bond donors (Lipinski definition) is 2. The Morgan fingerprint density at radius 2 is 2.17 bits per heavy atom. The van der Waals surface area contributed by atoms with Crippen molar-refractivity contribution in [3.8, 4) is 0 Å². The Balaban J connectivity index is 2.40. The van der Waals surface area contributed by atoms with Crippen LogP contribution in [0.1, 0.15) is 46.5 Å². The molecule has 1 rings (SSSR count). The number of carbonyl (C=O) groups is 1. The molecule has 0 saturated carbocycles. The number of hydrogen-bond acceptors (Lipinski definition) is 3. The molecule has 0 aliphatic carbocycles. The van der Waals surface area contributed by atoms with Gasteiger partial charge in [-0.25, -0.2) is 0 Å². The molecule has 1 aliphatic heterocycles. The van der Waals surface area contributed by atoms with Gasteiger partial charge in [0.1, 0.15) is 0 Å². The molecule has 1 amide bonds. The number of ether oxygens (including phenoxy) is 1. The monoisotopic (exact) mass is 256 g/mol. The van der Waals surface area contributed by atoms with Crippen LogP contribution in [0.5, 0.6) is 0 Å². The molecule has 1 fully saturated rings. The molecule has 1 saturated heterocycles. The van der Waals surface area contributed by atoms with Crippen LogP contribution < -0.4 is 10.6 Å². The fourth-order valence-corrected chi connectivity index (χ4v) is 2.23. The Morgan fingerprint density at radius 3 is 2.72 bits per heavy atom. The minimum absolute atomic E-state index is 0.0801. The largest absolute Gasteiger partial charge is 0.385 e. The van der Waals surface area contributed by atoms with Gasteiger partial charge < -0.3 is 15.4 Å². The summed E-state index contributed by atoms with van der Waals surface area (Å²) in [4.78, 5) is 12.2. The van der Waals surface area contributed by atoms with Crippen molar-refractivity contribution < 1.29 is 9.53 Å². The predicted octanol–water partition coefficient (Wildman–Crippen LogP) is 1.70. The highest BCUT2D eigenvalue weighted by atomic mass is 16.5. The maximum absolute atomic E-state index is 12.2. The predicted molar refractivity (Wildman–Crippen MR) is 73.5 cm³/mol. The van der Waals surface area contributed by atoms with Crippen molar-refractivity contribution in [1.82, 2.24) is 10.6 Å². The minimum atomic E-state index is -0.379. The van der Waals surface area contributed by atoms with E-state index in [-0.39, 0.29) is 16.9 Å². The molecule has 4 nitrogen and oxygen atoms in total. The second-order valence-electron chi connectivity index (χ2n) is 6.31. The molecule has 18 heavy (non-hydrogen) atoms. The molecule has 0 aromatic heterocycles. The lowest BCUT2D eigenvalue weighted by molar-refractivity contribution is -0.128. The Labute approximate surface area is 111 Å². The van der Waals surface area contributed by atoms with Crippen LogP contribution in [0.4, 0.5) is 0 Å². The first-order chi connectivity index (χ1) is 8.40. The lowest BCUT2D eigenvalue weighted by Gasteiger charge is -2.35. The first-order valence-corrected chi connectivity index (χ1v) is 6.92. The van der Waals surface area contributed by atoms with E-state index < -0.39 is 0 Å². The molecule has 1 atom stereocenters. The third kappa shape index (κ3) is 4.58. The molecule has 1 aliphatic rings. The summed E-state index contributed by atoms with van der Waals surface area (Å²) >= 11 is 0. The van der Waals surface area contributed by atoms with E-state index in [1.54, 1.807) is 7.11 Å². The van der Waals surface area contributed by atoms with Crippen molar-refractivity contribution in [3.05, 3.63) is 0 Å². The van der Waals surface area contributed by atoms with Gasteiger partial charge in [0.25, 0.3) is 0 Å². The zero-order chi connectivity index (χ0) is 13.6. The summed E-state index contributed by atoms with van der Waals surface area (Å²) in [6.45, 7) is 8.69. The van der Waals surface area contributed by atoms with Crippen molar-refractivity contribution in [2.45, 2.75) is 52.0 Å². The average Bonchev–Trinajstić information content (AvgIpc) is 2.34. The number of nitrogens with one attached hydrogen (secondary N) is 2. The maximum atomic E-state index is 12.2. The van der Waals surface area contributed by atoms with Crippen molar-refractivity contribution in [3.63, 3.8) is 0 Å². The topological polar surface area (TPSA) is 50.4 Å². The highest BCUT2D eigenvalue weighted by molar-refractivity contribution is 5.86. The lowest BCUT2D eigenvalue weighted by Crippen LogP contribution is -2.57. The Kier molecular flexibility index (Phi) is 5.60. The van der Waals surface area contributed by atoms with Gasteiger partial charge in [0.2, 0.25) is 5.91 Å². The van der Waals surface area contributed by atoms with Crippen LogP contribution >= 0.6 is 0 Å². The summed E-state index contributed by atoms with van der Waals surface area (Å²) in [7, 11) is 1.71. The van der Waals surface area contributed by atoms with E-state index in [0.717, 1.165) is 32.4 Å². The van der Waals surface area contributed by atoms with E-state index in [2.05, 4.69) is 24.5 Å². The van der Waals surface area contributed by atoms with Crippen LogP contribution in [0.25, 0.3) is 0 Å². The smallest absolute Gasteiger partial charge is 0.240 e. The van der Waals surface area contributed by atoms with Gasteiger partial charge in [0, 0.05) is 20.3 Å². The molecule has 1 unspecified atom stereocenters. The first-order valence-electron chi connectivity index (χ1n) is 6.92.